The Morgan fingerprint density at radius 3 is 2.55 bits per heavy atom. The number of para-hydroxylation sites is 1. The number of esters is 1. The van der Waals surface area contributed by atoms with Gasteiger partial charge in [0.1, 0.15) is 5.75 Å². The molecule has 33 heavy (non-hydrogen) atoms. The van der Waals surface area contributed by atoms with Gasteiger partial charge in [-0.05, 0) is 48.1 Å². The van der Waals surface area contributed by atoms with Gasteiger partial charge in [-0.15, -0.1) is 13.2 Å². The largest absolute Gasteiger partial charge is 0.573 e. The van der Waals surface area contributed by atoms with Crippen LogP contribution in [0.25, 0.3) is 16.8 Å². The van der Waals surface area contributed by atoms with Crippen LogP contribution in [0.1, 0.15) is 37.6 Å². The van der Waals surface area contributed by atoms with Gasteiger partial charge in [-0.2, -0.15) is 5.10 Å². The second kappa shape index (κ2) is 8.24. The highest BCUT2D eigenvalue weighted by Gasteiger charge is 2.60. The number of rotatable bonds is 6. The fourth-order valence-corrected chi connectivity index (χ4v) is 4.61. The third-order valence-electron chi connectivity index (χ3n) is 6.40. The summed E-state index contributed by atoms with van der Waals surface area (Å²) in [5.41, 5.74) is 3.35. The van der Waals surface area contributed by atoms with E-state index in [1.54, 1.807) is 35.0 Å². The highest BCUT2D eigenvalue weighted by molar-refractivity contribution is 5.72. The molecule has 0 spiro atoms. The van der Waals surface area contributed by atoms with E-state index >= 15 is 0 Å². The van der Waals surface area contributed by atoms with Crippen LogP contribution in [0.3, 0.4) is 0 Å². The van der Waals surface area contributed by atoms with Crippen molar-refractivity contribution in [1.82, 2.24) is 9.78 Å². The fourth-order valence-electron chi connectivity index (χ4n) is 4.61. The Balaban J connectivity index is 1.65. The van der Waals surface area contributed by atoms with Crippen molar-refractivity contribution >= 4 is 5.97 Å². The minimum atomic E-state index is -4.78. The average molecular weight is 458 g/mol. The molecule has 2 atom stereocenters. The van der Waals surface area contributed by atoms with Crippen LogP contribution in [0.15, 0.2) is 54.6 Å². The molecule has 174 valence electrons. The van der Waals surface area contributed by atoms with E-state index in [-0.39, 0.29) is 29.0 Å². The number of ether oxygens (including phenoxy) is 2. The maximum Gasteiger partial charge on any atom is 0.573 e. The van der Waals surface area contributed by atoms with Crippen molar-refractivity contribution in [2.45, 2.75) is 39.5 Å². The van der Waals surface area contributed by atoms with Crippen LogP contribution in [-0.4, -0.2) is 29.2 Å². The van der Waals surface area contributed by atoms with E-state index in [0.717, 1.165) is 17.1 Å². The van der Waals surface area contributed by atoms with E-state index in [9.17, 15) is 18.0 Å². The Kier molecular flexibility index (Phi) is 5.72. The Labute approximate surface area is 190 Å². The number of benzene rings is 2. The summed E-state index contributed by atoms with van der Waals surface area (Å²) in [7, 11) is 1.39. The molecule has 5 nitrogen and oxygen atoms in total. The molecule has 0 amide bonds. The van der Waals surface area contributed by atoms with Gasteiger partial charge in [0.05, 0.1) is 18.5 Å². The maximum atomic E-state index is 12.8. The molecule has 0 radical (unpaired) electrons. The summed E-state index contributed by atoms with van der Waals surface area (Å²) >= 11 is 0. The number of carbonyl (C=O) groups excluding carboxylic acids is 1. The van der Waals surface area contributed by atoms with Crippen molar-refractivity contribution in [2.75, 3.05) is 7.11 Å². The average Bonchev–Trinajstić information content (AvgIpc) is 3.08. The summed E-state index contributed by atoms with van der Waals surface area (Å²) in [5.74, 6) is -0.226. The lowest BCUT2D eigenvalue weighted by Gasteiger charge is -2.14. The van der Waals surface area contributed by atoms with Crippen molar-refractivity contribution < 1.29 is 27.4 Å². The zero-order valence-electron chi connectivity index (χ0n) is 18.8. The van der Waals surface area contributed by atoms with Gasteiger partial charge in [0.15, 0.2) is 0 Å². The molecule has 1 aromatic heterocycles. The number of hydrogen-bond donors (Lipinski definition) is 0. The highest BCUT2D eigenvalue weighted by Crippen LogP contribution is 2.65. The second-order valence-corrected chi connectivity index (χ2v) is 8.90. The van der Waals surface area contributed by atoms with Crippen molar-refractivity contribution in [1.29, 1.82) is 0 Å². The number of halogens is 3. The normalized spacial score (nSPS) is 19.2. The molecule has 3 aromatic rings. The molecule has 0 saturated heterocycles. The zero-order valence-corrected chi connectivity index (χ0v) is 18.8. The fraction of sp³-hybridized carbons (Fsp3) is 0.360. The Morgan fingerprint density at radius 1 is 1.12 bits per heavy atom. The van der Waals surface area contributed by atoms with Crippen LogP contribution in [0.4, 0.5) is 13.2 Å². The van der Waals surface area contributed by atoms with E-state index in [4.69, 9.17) is 9.84 Å². The Hall–Kier alpha value is -3.29. The molecule has 1 heterocycles. The van der Waals surface area contributed by atoms with Crippen molar-refractivity contribution in [3.05, 3.63) is 66.0 Å². The standard InChI is InChI=1S/C25H25F3N2O3/c1-15-12-20(23-19(24(23,2)3)14-22(31)32-4)29-30(15)17-9-7-8-16(13-17)18-10-5-6-11-21(18)33-25(26,27)28/h5-13,19,23H,14H2,1-4H3. The van der Waals surface area contributed by atoms with E-state index in [1.165, 1.54) is 19.2 Å². The number of carbonyl (C=O) groups is 1. The monoisotopic (exact) mass is 458 g/mol. The minimum absolute atomic E-state index is 0.0739. The Morgan fingerprint density at radius 2 is 1.85 bits per heavy atom. The Bertz CT molecular complexity index is 1180. The molecule has 1 fully saturated rings. The molecule has 1 saturated carbocycles. The second-order valence-electron chi connectivity index (χ2n) is 8.90. The van der Waals surface area contributed by atoms with E-state index in [2.05, 4.69) is 18.6 Å². The molecule has 0 N–H and O–H groups in total. The first-order chi connectivity index (χ1) is 15.5. The molecule has 2 aromatic carbocycles. The predicted molar refractivity (Wildman–Crippen MR) is 117 cm³/mol. The first-order valence-electron chi connectivity index (χ1n) is 10.6. The lowest BCUT2D eigenvalue weighted by Crippen LogP contribution is -2.17. The van der Waals surface area contributed by atoms with Crippen LogP contribution in [0.5, 0.6) is 5.75 Å². The van der Waals surface area contributed by atoms with Crippen molar-refractivity contribution in [3.8, 4) is 22.6 Å². The lowest BCUT2D eigenvalue weighted by molar-refractivity contribution is -0.274. The third-order valence-corrected chi connectivity index (χ3v) is 6.40. The van der Waals surface area contributed by atoms with Gasteiger partial charge in [-0.1, -0.05) is 44.2 Å². The number of hydrogen-bond acceptors (Lipinski definition) is 4. The first-order valence-corrected chi connectivity index (χ1v) is 10.6. The third kappa shape index (κ3) is 4.60. The summed E-state index contributed by atoms with van der Waals surface area (Å²) in [4.78, 5) is 11.8. The van der Waals surface area contributed by atoms with Gasteiger partial charge in [0.25, 0.3) is 0 Å². The van der Waals surface area contributed by atoms with Gasteiger partial charge in [0, 0.05) is 23.6 Å². The molecule has 0 bridgehead atoms. The molecule has 0 aliphatic heterocycles. The van der Waals surface area contributed by atoms with Crippen LogP contribution in [0, 0.1) is 18.3 Å². The summed E-state index contributed by atoms with van der Waals surface area (Å²) < 4.78 is 49.4. The van der Waals surface area contributed by atoms with Gasteiger partial charge >= 0.3 is 12.3 Å². The summed E-state index contributed by atoms with van der Waals surface area (Å²) in [5, 5.41) is 4.79. The molecular weight excluding hydrogens is 433 g/mol. The predicted octanol–water partition coefficient (Wildman–Crippen LogP) is 6.05. The van der Waals surface area contributed by atoms with Crippen LogP contribution in [-0.2, 0) is 9.53 Å². The quantitative estimate of drug-likeness (QED) is 0.422. The smallest absolute Gasteiger partial charge is 0.469 e. The topological polar surface area (TPSA) is 53.4 Å². The molecule has 2 unspecified atom stereocenters. The number of nitrogens with zero attached hydrogens (tertiary/aromatic N) is 2. The molecular formula is C25H25F3N2O3. The molecule has 8 heteroatoms. The molecule has 1 aliphatic rings. The van der Waals surface area contributed by atoms with Crippen molar-refractivity contribution in [2.24, 2.45) is 11.3 Å². The van der Waals surface area contributed by atoms with E-state index in [1.807, 2.05) is 19.1 Å². The zero-order chi connectivity index (χ0) is 24.0. The van der Waals surface area contributed by atoms with Gasteiger partial charge < -0.3 is 9.47 Å². The SMILES string of the molecule is COC(=O)CC1C(c2cc(C)n(-c3cccc(-c4ccccc4OC(F)(F)F)c3)n2)C1(C)C. The van der Waals surface area contributed by atoms with Crippen LogP contribution in [0.2, 0.25) is 0 Å². The summed E-state index contributed by atoms with van der Waals surface area (Å²) in [6.07, 6.45) is -4.44. The number of aromatic nitrogens is 2. The lowest BCUT2D eigenvalue weighted by atomic mass is 10.0. The number of aryl methyl sites for hydroxylation is 1. The first kappa shape index (κ1) is 22.9. The van der Waals surface area contributed by atoms with Crippen LogP contribution >= 0.6 is 0 Å². The highest BCUT2D eigenvalue weighted by atomic mass is 19.4. The van der Waals surface area contributed by atoms with E-state index < -0.39 is 6.36 Å². The molecule has 4 rings (SSSR count). The van der Waals surface area contributed by atoms with E-state index in [0.29, 0.717) is 17.5 Å². The number of methoxy groups -OCH3 is 1. The van der Waals surface area contributed by atoms with Gasteiger partial charge in [-0.3, -0.25) is 4.79 Å². The number of alkyl halides is 3. The molecule has 1 aliphatic carbocycles. The summed E-state index contributed by atoms with van der Waals surface area (Å²) in [6, 6.07) is 15.2. The van der Waals surface area contributed by atoms with Crippen LogP contribution < -0.4 is 4.74 Å². The minimum Gasteiger partial charge on any atom is -0.469 e. The maximum absolute atomic E-state index is 12.8. The van der Waals surface area contributed by atoms with Gasteiger partial charge in [0.2, 0.25) is 0 Å². The van der Waals surface area contributed by atoms with Gasteiger partial charge in [-0.25, -0.2) is 4.68 Å². The van der Waals surface area contributed by atoms with Crippen molar-refractivity contribution in [3.63, 3.8) is 0 Å². The summed E-state index contributed by atoms with van der Waals surface area (Å²) in [6.45, 7) is 6.14.